The molecule has 0 radical (unpaired) electrons. The largest absolute Gasteiger partial charge is 0.493 e. The molecule has 1 atom stereocenters. The van der Waals surface area contributed by atoms with E-state index in [0.717, 1.165) is 6.42 Å². The van der Waals surface area contributed by atoms with Crippen molar-refractivity contribution >= 4 is 24.5 Å². The fraction of sp³-hybridized carbons (Fsp3) is 0.333. The van der Waals surface area contributed by atoms with E-state index in [9.17, 15) is 9.59 Å². The van der Waals surface area contributed by atoms with Gasteiger partial charge in [-0.25, -0.2) is 4.79 Å². The Kier molecular flexibility index (Phi) is 8.70. The molecule has 0 aliphatic rings. The van der Waals surface area contributed by atoms with E-state index in [-0.39, 0.29) is 11.9 Å². The molecule has 1 unspecified atom stereocenters. The fourth-order valence-electron chi connectivity index (χ4n) is 2.29. The molecular weight excluding hydrogens is 375 g/mol. The Hall–Kier alpha value is -2.84. The van der Waals surface area contributed by atoms with Gasteiger partial charge in [0.15, 0.2) is 0 Å². The second kappa shape index (κ2) is 11.2. The van der Waals surface area contributed by atoms with Gasteiger partial charge in [0.1, 0.15) is 11.5 Å². The molecule has 2 rings (SSSR count). The minimum Gasteiger partial charge on any atom is -0.493 e. The van der Waals surface area contributed by atoms with Gasteiger partial charge in [-0.2, -0.15) is 0 Å². The zero-order valence-corrected chi connectivity index (χ0v) is 16.5. The van der Waals surface area contributed by atoms with E-state index in [1.807, 2.05) is 13.8 Å². The van der Waals surface area contributed by atoms with Crippen molar-refractivity contribution in [2.75, 3.05) is 13.2 Å². The number of rotatable bonds is 10. The third-order valence-electron chi connectivity index (χ3n) is 4.30. The van der Waals surface area contributed by atoms with E-state index in [1.54, 1.807) is 24.3 Å². The van der Waals surface area contributed by atoms with Crippen LogP contribution in [-0.2, 0) is 9.53 Å². The lowest BCUT2D eigenvalue weighted by atomic mass is 9.80. The van der Waals surface area contributed by atoms with Gasteiger partial charge in [0, 0.05) is 6.42 Å². The van der Waals surface area contributed by atoms with E-state index < -0.39 is 13.1 Å². The fourth-order valence-corrected chi connectivity index (χ4v) is 2.29. The number of hydrogen-bond acceptors (Lipinski definition) is 7. The minimum atomic E-state index is -1.57. The average molecular weight is 400 g/mol. The van der Waals surface area contributed by atoms with Crippen LogP contribution in [0.4, 0.5) is 0 Å². The van der Waals surface area contributed by atoms with E-state index in [1.165, 1.54) is 24.3 Å². The van der Waals surface area contributed by atoms with Crippen LogP contribution in [0.5, 0.6) is 11.5 Å². The summed E-state index contributed by atoms with van der Waals surface area (Å²) in [5.41, 5.74) is 0.659. The molecule has 2 N–H and O–H groups in total. The Morgan fingerprint density at radius 1 is 0.966 bits per heavy atom. The van der Waals surface area contributed by atoms with Crippen LogP contribution in [0.15, 0.2) is 48.5 Å². The van der Waals surface area contributed by atoms with Crippen molar-refractivity contribution in [1.82, 2.24) is 0 Å². The van der Waals surface area contributed by atoms with E-state index in [0.29, 0.717) is 42.2 Å². The molecule has 7 nitrogen and oxygen atoms in total. The lowest BCUT2D eigenvalue weighted by molar-refractivity contribution is -0.148. The van der Waals surface area contributed by atoms with Crippen LogP contribution in [-0.4, -0.2) is 42.3 Å². The highest BCUT2D eigenvalue weighted by Gasteiger charge is 2.13. The third kappa shape index (κ3) is 7.25. The van der Waals surface area contributed by atoms with Crippen molar-refractivity contribution in [1.29, 1.82) is 0 Å². The molecule has 29 heavy (non-hydrogen) atoms. The van der Waals surface area contributed by atoms with Crippen molar-refractivity contribution in [2.24, 2.45) is 5.92 Å². The zero-order chi connectivity index (χ0) is 21.2. The van der Waals surface area contributed by atoms with E-state index in [2.05, 4.69) is 0 Å². The van der Waals surface area contributed by atoms with Gasteiger partial charge < -0.3 is 24.3 Å². The molecule has 0 bridgehead atoms. The monoisotopic (exact) mass is 400 g/mol. The highest BCUT2D eigenvalue weighted by atomic mass is 16.5. The summed E-state index contributed by atoms with van der Waals surface area (Å²) in [5.74, 6) is 0.0635. The molecule has 2 aromatic carbocycles. The quantitative estimate of drug-likeness (QED) is 0.272. The highest BCUT2D eigenvalue weighted by molar-refractivity contribution is 6.58. The molecule has 0 heterocycles. The second-order valence-corrected chi connectivity index (χ2v) is 6.54. The van der Waals surface area contributed by atoms with Crippen LogP contribution in [0, 0.1) is 5.92 Å². The molecule has 8 heteroatoms. The smallest absolute Gasteiger partial charge is 0.488 e. The van der Waals surface area contributed by atoms with Crippen molar-refractivity contribution in [3.63, 3.8) is 0 Å². The molecule has 154 valence electrons. The van der Waals surface area contributed by atoms with Crippen LogP contribution in [0.1, 0.15) is 37.0 Å². The van der Waals surface area contributed by atoms with Gasteiger partial charge >= 0.3 is 19.1 Å². The molecular formula is C21H25BO7. The normalized spacial score (nSPS) is 11.4. The Balaban J connectivity index is 1.76. The van der Waals surface area contributed by atoms with Gasteiger partial charge in [-0.05, 0) is 48.3 Å². The molecule has 0 aliphatic heterocycles. The summed E-state index contributed by atoms with van der Waals surface area (Å²) < 4.78 is 16.0. The number of esters is 2. The molecule has 0 saturated heterocycles. The summed E-state index contributed by atoms with van der Waals surface area (Å²) in [5, 5.41) is 18.1. The summed E-state index contributed by atoms with van der Waals surface area (Å²) >= 11 is 0. The standard InChI is InChI=1S/C21H25BO7/c1-3-15(2)20(23)28-14-4-13-27-18-9-5-16(6-10-18)21(24)29-19-11-7-17(8-12-19)22(25)26/h5-12,15,25-26H,3-4,13-14H2,1-2H3. The highest BCUT2D eigenvalue weighted by Crippen LogP contribution is 2.15. The van der Waals surface area contributed by atoms with Gasteiger partial charge in [0.05, 0.1) is 24.7 Å². The number of hydrogen-bond donors (Lipinski definition) is 2. The molecule has 0 aliphatic carbocycles. The van der Waals surface area contributed by atoms with E-state index >= 15 is 0 Å². The molecule has 2 aromatic rings. The van der Waals surface area contributed by atoms with Crippen molar-refractivity contribution in [3.8, 4) is 11.5 Å². The number of benzene rings is 2. The van der Waals surface area contributed by atoms with Gasteiger partial charge in [0.2, 0.25) is 0 Å². The second-order valence-electron chi connectivity index (χ2n) is 6.54. The van der Waals surface area contributed by atoms with Gasteiger partial charge in [-0.3, -0.25) is 4.79 Å². The SMILES string of the molecule is CCC(C)C(=O)OCCCOc1ccc(C(=O)Oc2ccc(B(O)O)cc2)cc1. The summed E-state index contributed by atoms with van der Waals surface area (Å²) in [7, 11) is -1.57. The Morgan fingerprint density at radius 3 is 2.17 bits per heavy atom. The van der Waals surface area contributed by atoms with E-state index in [4.69, 9.17) is 24.3 Å². The molecule has 0 spiro atoms. The predicted molar refractivity (Wildman–Crippen MR) is 108 cm³/mol. The van der Waals surface area contributed by atoms with Crippen LogP contribution < -0.4 is 14.9 Å². The molecule has 0 amide bonds. The topological polar surface area (TPSA) is 102 Å². The molecule has 0 saturated carbocycles. The Morgan fingerprint density at radius 2 is 1.59 bits per heavy atom. The van der Waals surface area contributed by atoms with Crippen molar-refractivity contribution < 1.29 is 33.8 Å². The van der Waals surface area contributed by atoms with Gasteiger partial charge in [-0.15, -0.1) is 0 Å². The van der Waals surface area contributed by atoms with Crippen LogP contribution in [0.3, 0.4) is 0 Å². The molecule has 0 fully saturated rings. The van der Waals surface area contributed by atoms with Crippen LogP contribution in [0.25, 0.3) is 0 Å². The maximum absolute atomic E-state index is 12.2. The first-order chi connectivity index (χ1) is 13.9. The minimum absolute atomic E-state index is 0.0950. The predicted octanol–water partition coefficient (Wildman–Crippen LogP) is 1.94. The third-order valence-corrected chi connectivity index (χ3v) is 4.30. The number of carbonyl (C=O) groups excluding carboxylic acids is 2. The average Bonchev–Trinajstić information content (AvgIpc) is 2.73. The summed E-state index contributed by atoms with van der Waals surface area (Å²) in [6, 6.07) is 12.4. The molecule has 0 aromatic heterocycles. The maximum atomic E-state index is 12.2. The Bertz CT molecular complexity index is 788. The van der Waals surface area contributed by atoms with Crippen molar-refractivity contribution in [3.05, 3.63) is 54.1 Å². The first-order valence-electron chi connectivity index (χ1n) is 9.48. The first-order valence-corrected chi connectivity index (χ1v) is 9.48. The lowest BCUT2D eigenvalue weighted by Crippen LogP contribution is -2.29. The Labute approximate surface area is 170 Å². The van der Waals surface area contributed by atoms with Gasteiger partial charge in [0.25, 0.3) is 0 Å². The lowest BCUT2D eigenvalue weighted by Gasteiger charge is -2.10. The van der Waals surface area contributed by atoms with Crippen LogP contribution in [0.2, 0.25) is 0 Å². The number of ether oxygens (including phenoxy) is 3. The van der Waals surface area contributed by atoms with Crippen LogP contribution >= 0.6 is 0 Å². The van der Waals surface area contributed by atoms with Gasteiger partial charge in [-0.1, -0.05) is 26.0 Å². The summed E-state index contributed by atoms with van der Waals surface area (Å²) in [6.45, 7) is 4.47. The first kappa shape index (κ1) is 22.5. The number of carbonyl (C=O) groups is 2. The summed E-state index contributed by atoms with van der Waals surface area (Å²) in [6.07, 6.45) is 1.33. The van der Waals surface area contributed by atoms with Crippen molar-refractivity contribution in [2.45, 2.75) is 26.7 Å². The summed E-state index contributed by atoms with van der Waals surface area (Å²) in [4.78, 5) is 23.7. The zero-order valence-electron chi connectivity index (χ0n) is 16.5. The maximum Gasteiger partial charge on any atom is 0.488 e.